The minimum absolute atomic E-state index is 0.0239. The maximum Gasteiger partial charge on any atom is 0.412 e. The van der Waals surface area contributed by atoms with Crippen LogP contribution in [0.25, 0.3) is 11.1 Å². The van der Waals surface area contributed by atoms with Crippen LogP contribution in [0.2, 0.25) is 0 Å². The van der Waals surface area contributed by atoms with Gasteiger partial charge in [-0.2, -0.15) is 5.10 Å². The minimum Gasteiger partial charge on any atom is -0.465 e. The van der Waals surface area contributed by atoms with Crippen molar-refractivity contribution < 1.29 is 28.3 Å². The van der Waals surface area contributed by atoms with Gasteiger partial charge in [0.05, 0.1) is 35.7 Å². The number of rotatable bonds is 3. The largest absolute Gasteiger partial charge is 0.465 e. The number of carbonyl (C=O) groups is 3. The fourth-order valence-electron chi connectivity index (χ4n) is 6.22. The molecular weight excluding hydrogens is 484 g/mol. The van der Waals surface area contributed by atoms with E-state index in [2.05, 4.69) is 10.4 Å². The van der Waals surface area contributed by atoms with Crippen LogP contribution in [0.3, 0.4) is 0 Å². The number of nitrogens with zero attached hydrogens (tertiary/aromatic N) is 4. The van der Waals surface area contributed by atoms with Crippen molar-refractivity contribution in [2.45, 2.75) is 76.4 Å². The Labute approximate surface area is 213 Å². The summed E-state index contributed by atoms with van der Waals surface area (Å²) >= 11 is 0. The molecule has 2 fully saturated rings. The molecule has 3 atom stereocenters. The molecule has 37 heavy (non-hydrogen) atoms. The number of anilines is 2. The van der Waals surface area contributed by atoms with E-state index < -0.39 is 24.1 Å². The Morgan fingerprint density at radius 1 is 1.11 bits per heavy atom. The van der Waals surface area contributed by atoms with E-state index in [9.17, 15) is 28.3 Å². The molecule has 1 aromatic heterocycles. The quantitative estimate of drug-likeness (QED) is 0.629. The van der Waals surface area contributed by atoms with Crippen LogP contribution in [0, 0.1) is 5.92 Å². The number of hydrogen-bond donors (Lipinski definition) is 2. The normalized spacial score (nSPS) is 25.9. The first-order valence-corrected chi connectivity index (χ1v) is 12.7. The zero-order chi connectivity index (χ0) is 26.5. The molecule has 1 saturated heterocycles. The average Bonchev–Trinajstić information content (AvgIpc) is 3.33. The number of alkyl halides is 2. The molecule has 2 aliphatic heterocycles. The van der Waals surface area contributed by atoms with E-state index in [4.69, 9.17) is 0 Å². The average molecular weight is 516 g/mol. The van der Waals surface area contributed by atoms with Crippen molar-refractivity contribution in [3.63, 3.8) is 0 Å². The molecule has 2 aromatic rings. The van der Waals surface area contributed by atoms with Crippen molar-refractivity contribution in [2.24, 2.45) is 5.92 Å². The van der Waals surface area contributed by atoms with Crippen LogP contribution in [-0.2, 0) is 9.59 Å². The summed E-state index contributed by atoms with van der Waals surface area (Å²) in [5, 5.41) is 17.6. The van der Waals surface area contributed by atoms with Gasteiger partial charge in [0.1, 0.15) is 0 Å². The number of aromatic nitrogens is 2. The van der Waals surface area contributed by atoms with E-state index >= 15 is 0 Å². The monoisotopic (exact) mass is 515 g/mol. The first-order chi connectivity index (χ1) is 17.6. The number of benzene rings is 1. The Morgan fingerprint density at radius 3 is 2.49 bits per heavy atom. The summed E-state index contributed by atoms with van der Waals surface area (Å²) in [5.41, 5.74) is 2.29. The van der Waals surface area contributed by atoms with Crippen LogP contribution >= 0.6 is 0 Å². The SMILES string of the molecule is CC(=O)N1c2ccc(-c3cnn(C4CCNC(=O)C4)c3)cc2N(C(=O)O)C(C2CCC(F)(F)CC2)[C@@H]1C. The molecule has 2 N–H and O–H groups in total. The molecule has 0 bridgehead atoms. The van der Waals surface area contributed by atoms with Gasteiger partial charge in [0.15, 0.2) is 0 Å². The van der Waals surface area contributed by atoms with Gasteiger partial charge in [0, 0.05) is 44.5 Å². The van der Waals surface area contributed by atoms with Crippen molar-refractivity contribution in [1.82, 2.24) is 15.1 Å². The topological polar surface area (TPSA) is 108 Å². The van der Waals surface area contributed by atoms with Crippen LogP contribution in [0.15, 0.2) is 30.6 Å². The Morgan fingerprint density at radius 2 is 1.84 bits per heavy atom. The molecule has 1 saturated carbocycles. The number of carbonyl (C=O) groups excluding carboxylic acids is 2. The third-order valence-corrected chi connectivity index (χ3v) is 8.01. The molecule has 5 rings (SSSR count). The van der Waals surface area contributed by atoms with Crippen LogP contribution in [0.1, 0.15) is 58.4 Å². The van der Waals surface area contributed by atoms with Crippen LogP contribution in [0.5, 0.6) is 0 Å². The maximum absolute atomic E-state index is 13.9. The molecule has 0 spiro atoms. The van der Waals surface area contributed by atoms with Crippen molar-refractivity contribution in [1.29, 1.82) is 0 Å². The zero-order valence-electron chi connectivity index (χ0n) is 20.9. The molecule has 3 amide bonds. The molecule has 0 radical (unpaired) electrons. The number of nitrogens with one attached hydrogen (secondary N) is 1. The Bertz CT molecular complexity index is 1220. The van der Waals surface area contributed by atoms with Crippen molar-refractivity contribution in [3.05, 3.63) is 30.6 Å². The van der Waals surface area contributed by atoms with Gasteiger partial charge in [0.25, 0.3) is 0 Å². The van der Waals surface area contributed by atoms with Gasteiger partial charge < -0.3 is 15.3 Å². The molecule has 3 aliphatic rings. The van der Waals surface area contributed by atoms with Crippen LogP contribution in [0.4, 0.5) is 25.0 Å². The lowest BCUT2D eigenvalue weighted by atomic mass is 9.77. The number of fused-ring (bicyclic) bond motifs is 1. The molecule has 9 nitrogen and oxygen atoms in total. The molecule has 198 valence electrons. The first kappa shape index (κ1) is 25.2. The lowest BCUT2D eigenvalue weighted by Gasteiger charge is -2.49. The van der Waals surface area contributed by atoms with Gasteiger partial charge in [-0.1, -0.05) is 6.07 Å². The van der Waals surface area contributed by atoms with Gasteiger partial charge in [-0.15, -0.1) is 0 Å². The standard InChI is InChI=1S/C26H31F2N5O4/c1-15-24(17-5-8-26(27,28)9-6-17)33(25(36)37)22-11-18(3-4-21(22)32(15)16(2)34)19-13-30-31(14-19)20-7-10-29-23(35)12-20/h3-4,11,13-15,17,20,24H,5-10,12H2,1-2H3,(H,29,35)(H,36,37)/t15-,20?,24?/m0/s1. The predicted molar refractivity (Wildman–Crippen MR) is 133 cm³/mol. The summed E-state index contributed by atoms with van der Waals surface area (Å²) < 4.78 is 29.6. The van der Waals surface area contributed by atoms with Gasteiger partial charge in [-0.25, -0.2) is 13.6 Å². The molecule has 3 heterocycles. The van der Waals surface area contributed by atoms with E-state index in [1.165, 1.54) is 11.8 Å². The maximum atomic E-state index is 13.9. The van der Waals surface area contributed by atoms with E-state index in [0.717, 1.165) is 12.0 Å². The Balaban J connectivity index is 1.53. The lowest BCUT2D eigenvalue weighted by Crippen LogP contribution is -2.61. The fourth-order valence-corrected chi connectivity index (χ4v) is 6.22. The number of carboxylic acid groups (broad SMARTS) is 1. The van der Waals surface area contributed by atoms with Crippen LogP contribution < -0.4 is 15.1 Å². The third kappa shape index (κ3) is 4.67. The first-order valence-electron chi connectivity index (χ1n) is 12.7. The Hall–Kier alpha value is -3.50. The third-order valence-electron chi connectivity index (χ3n) is 8.01. The molecule has 11 heteroatoms. The molecular formula is C26H31F2N5O4. The Kier molecular flexibility index (Phi) is 6.41. The van der Waals surface area contributed by atoms with Gasteiger partial charge in [-0.05, 0) is 49.8 Å². The predicted octanol–water partition coefficient (Wildman–Crippen LogP) is 4.43. The smallest absolute Gasteiger partial charge is 0.412 e. The van der Waals surface area contributed by atoms with Crippen molar-refractivity contribution >= 4 is 29.3 Å². The lowest BCUT2D eigenvalue weighted by molar-refractivity contribution is -0.123. The summed E-state index contributed by atoms with van der Waals surface area (Å²) in [7, 11) is 0. The molecule has 1 aliphatic carbocycles. The highest BCUT2D eigenvalue weighted by Crippen LogP contribution is 2.47. The summed E-state index contributed by atoms with van der Waals surface area (Å²) in [6.45, 7) is 3.80. The summed E-state index contributed by atoms with van der Waals surface area (Å²) in [6, 6.07) is 4.06. The molecule has 1 aromatic carbocycles. The van der Waals surface area contributed by atoms with E-state index in [0.29, 0.717) is 29.9 Å². The summed E-state index contributed by atoms with van der Waals surface area (Å²) in [6.07, 6.45) is 3.23. The number of piperidine rings is 1. The minimum atomic E-state index is -2.74. The van der Waals surface area contributed by atoms with Gasteiger partial charge in [-0.3, -0.25) is 19.2 Å². The van der Waals surface area contributed by atoms with E-state index in [-0.39, 0.29) is 49.5 Å². The highest BCUT2D eigenvalue weighted by atomic mass is 19.3. The second-order valence-electron chi connectivity index (χ2n) is 10.4. The summed E-state index contributed by atoms with van der Waals surface area (Å²) in [5.74, 6) is -3.30. The zero-order valence-corrected chi connectivity index (χ0v) is 20.9. The number of halogens is 2. The van der Waals surface area contributed by atoms with Crippen molar-refractivity contribution in [2.75, 3.05) is 16.3 Å². The van der Waals surface area contributed by atoms with Gasteiger partial charge in [0.2, 0.25) is 17.7 Å². The van der Waals surface area contributed by atoms with E-state index in [1.807, 2.05) is 12.3 Å². The summed E-state index contributed by atoms with van der Waals surface area (Å²) in [4.78, 5) is 40.0. The second-order valence-corrected chi connectivity index (χ2v) is 10.4. The number of hydrogen-bond acceptors (Lipinski definition) is 4. The van der Waals surface area contributed by atoms with Gasteiger partial charge >= 0.3 is 6.09 Å². The fraction of sp³-hybridized carbons (Fsp3) is 0.538. The second kappa shape index (κ2) is 9.42. The van der Waals surface area contributed by atoms with Crippen molar-refractivity contribution in [3.8, 4) is 11.1 Å². The van der Waals surface area contributed by atoms with E-state index in [1.54, 1.807) is 34.8 Å². The molecule has 2 unspecified atom stereocenters. The van der Waals surface area contributed by atoms with Crippen LogP contribution in [-0.4, -0.2) is 57.3 Å². The highest BCUT2D eigenvalue weighted by molar-refractivity contribution is 6.03. The number of amides is 3. The highest BCUT2D eigenvalue weighted by Gasteiger charge is 2.48.